The molecule has 1 aromatic carbocycles. The van der Waals surface area contributed by atoms with Crippen LogP contribution in [0.1, 0.15) is 37.7 Å². The molecule has 1 aromatic rings. The number of fused-ring (bicyclic) bond motifs is 2. The van der Waals surface area contributed by atoms with E-state index >= 15 is 0 Å². The number of benzene rings is 1. The van der Waals surface area contributed by atoms with E-state index < -0.39 is 11.6 Å². The van der Waals surface area contributed by atoms with Crippen LogP contribution >= 0.6 is 0 Å². The molecule has 3 nitrogen and oxygen atoms in total. The lowest BCUT2D eigenvalue weighted by Crippen LogP contribution is -2.39. The van der Waals surface area contributed by atoms with Crippen molar-refractivity contribution in [3.63, 3.8) is 0 Å². The molecular formula is C17H22F2N2O. The highest BCUT2D eigenvalue weighted by atomic mass is 19.1. The standard InChI is InChI=1S/C17H22F2N2O/c18-13-5-11(6-14(19)10-13)3-4-20-17(22)9-12-7-15-1-2-16(8-12)21-15/h5-6,10,12,15-16,21H,1-4,7-9H2,(H,20,22). The van der Waals surface area contributed by atoms with E-state index in [0.717, 1.165) is 18.9 Å². The number of carbonyl (C=O) groups is 1. The fourth-order valence-electron chi connectivity index (χ4n) is 3.78. The first-order valence-electron chi connectivity index (χ1n) is 8.06. The fraction of sp³-hybridized carbons (Fsp3) is 0.588. The highest BCUT2D eigenvalue weighted by Crippen LogP contribution is 2.32. The third-order valence-electron chi connectivity index (χ3n) is 4.70. The Kier molecular flexibility index (Phi) is 4.71. The summed E-state index contributed by atoms with van der Waals surface area (Å²) in [6, 6.07) is 4.64. The summed E-state index contributed by atoms with van der Waals surface area (Å²) in [5.74, 6) is -0.647. The summed E-state index contributed by atoms with van der Waals surface area (Å²) >= 11 is 0. The molecule has 120 valence electrons. The topological polar surface area (TPSA) is 41.1 Å². The second-order valence-electron chi connectivity index (χ2n) is 6.56. The molecule has 2 unspecified atom stereocenters. The van der Waals surface area contributed by atoms with E-state index in [9.17, 15) is 13.6 Å². The Morgan fingerprint density at radius 1 is 1.14 bits per heavy atom. The molecule has 2 aliphatic heterocycles. The van der Waals surface area contributed by atoms with Crippen LogP contribution in [0.5, 0.6) is 0 Å². The van der Waals surface area contributed by atoms with Crippen molar-refractivity contribution in [3.05, 3.63) is 35.4 Å². The highest BCUT2D eigenvalue weighted by molar-refractivity contribution is 5.76. The first-order chi connectivity index (χ1) is 10.6. The normalized spacial score (nSPS) is 26.9. The van der Waals surface area contributed by atoms with Gasteiger partial charge < -0.3 is 10.6 Å². The number of hydrogen-bond donors (Lipinski definition) is 2. The molecule has 0 aliphatic carbocycles. The average molecular weight is 308 g/mol. The van der Waals surface area contributed by atoms with Crippen molar-refractivity contribution in [2.24, 2.45) is 5.92 Å². The van der Waals surface area contributed by atoms with Gasteiger partial charge in [0.2, 0.25) is 5.91 Å². The Morgan fingerprint density at radius 2 is 1.77 bits per heavy atom. The number of carbonyl (C=O) groups excluding carboxylic acids is 1. The zero-order valence-corrected chi connectivity index (χ0v) is 12.6. The van der Waals surface area contributed by atoms with Gasteiger partial charge in [-0.25, -0.2) is 8.78 Å². The Bertz CT molecular complexity index is 517. The van der Waals surface area contributed by atoms with Gasteiger partial charge in [-0.15, -0.1) is 0 Å². The number of piperidine rings is 1. The van der Waals surface area contributed by atoms with E-state index in [1.807, 2.05) is 0 Å². The van der Waals surface area contributed by atoms with Crippen molar-refractivity contribution in [2.45, 2.75) is 50.6 Å². The van der Waals surface area contributed by atoms with Crippen molar-refractivity contribution in [2.75, 3.05) is 6.54 Å². The number of halogens is 2. The van der Waals surface area contributed by atoms with E-state index in [4.69, 9.17) is 0 Å². The molecular weight excluding hydrogens is 286 g/mol. The van der Waals surface area contributed by atoms with Crippen LogP contribution in [0.2, 0.25) is 0 Å². The minimum Gasteiger partial charge on any atom is -0.356 e. The lowest BCUT2D eigenvalue weighted by molar-refractivity contribution is -0.122. The van der Waals surface area contributed by atoms with Crippen LogP contribution in [0.25, 0.3) is 0 Å². The van der Waals surface area contributed by atoms with Gasteiger partial charge in [0, 0.05) is 31.1 Å². The first kappa shape index (κ1) is 15.4. The molecule has 2 bridgehead atoms. The molecule has 0 aromatic heterocycles. The Morgan fingerprint density at radius 3 is 2.41 bits per heavy atom. The van der Waals surface area contributed by atoms with Crippen LogP contribution in [0.3, 0.4) is 0 Å². The van der Waals surface area contributed by atoms with E-state index in [2.05, 4.69) is 10.6 Å². The van der Waals surface area contributed by atoms with Gasteiger partial charge in [-0.3, -0.25) is 4.79 Å². The number of hydrogen-bond acceptors (Lipinski definition) is 2. The van der Waals surface area contributed by atoms with Gasteiger partial charge in [-0.1, -0.05) is 0 Å². The molecule has 2 atom stereocenters. The predicted molar refractivity (Wildman–Crippen MR) is 80.4 cm³/mol. The Balaban J connectivity index is 1.41. The van der Waals surface area contributed by atoms with Crippen LogP contribution < -0.4 is 10.6 Å². The average Bonchev–Trinajstić information content (AvgIpc) is 2.77. The van der Waals surface area contributed by atoms with Crippen molar-refractivity contribution in [1.82, 2.24) is 10.6 Å². The maximum absolute atomic E-state index is 13.1. The fourth-order valence-corrected chi connectivity index (χ4v) is 3.78. The van der Waals surface area contributed by atoms with Crippen molar-refractivity contribution in [3.8, 4) is 0 Å². The summed E-state index contributed by atoms with van der Waals surface area (Å²) in [6.07, 6.45) is 5.63. The first-order valence-corrected chi connectivity index (χ1v) is 8.06. The molecule has 2 fully saturated rings. The molecule has 22 heavy (non-hydrogen) atoms. The van der Waals surface area contributed by atoms with Crippen LogP contribution in [-0.2, 0) is 11.2 Å². The van der Waals surface area contributed by atoms with Gasteiger partial charge >= 0.3 is 0 Å². The molecule has 0 spiro atoms. The molecule has 1 amide bonds. The lowest BCUT2D eigenvalue weighted by Gasteiger charge is -2.28. The van der Waals surface area contributed by atoms with E-state index in [1.165, 1.54) is 25.0 Å². The van der Waals surface area contributed by atoms with Crippen molar-refractivity contribution in [1.29, 1.82) is 0 Å². The van der Waals surface area contributed by atoms with Gasteiger partial charge in [0.15, 0.2) is 0 Å². The summed E-state index contributed by atoms with van der Waals surface area (Å²) in [5, 5.41) is 6.43. The summed E-state index contributed by atoms with van der Waals surface area (Å²) in [5.41, 5.74) is 0.567. The summed E-state index contributed by atoms with van der Waals surface area (Å²) in [7, 11) is 0. The van der Waals surface area contributed by atoms with Crippen molar-refractivity contribution < 1.29 is 13.6 Å². The van der Waals surface area contributed by atoms with Crippen LogP contribution in [-0.4, -0.2) is 24.5 Å². The molecule has 0 radical (unpaired) electrons. The molecule has 2 N–H and O–H groups in total. The minimum atomic E-state index is -0.577. The van der Waals surface area contributed by atoms with E-state index in [1.54, 1.807) is 0 Å². The highest BCUT2D eigenvalue weighted by Gasteiger charge is 2.33. The maximum Gasteiger partial charge on any atom is 0.220 e. The summed E-state index contributed by atoms with van der Waals surface area (Å²) in [4.78, 5) is 12.0. The zero-order chi connectivity index (χ0) is 15.5. The molecule has 2 heterocycles. The number of nitrogens with one attached hydrogen (secondary N) is 2. The molecule has 2 saturated heterocycles. The van der Waals surface area contributed by atoms with Crippen LogP contribution in [0, 0.1) is 17.6 Å². The van der Waals surface area contributed by atoms with Gasteiger partial charge in [-0.2, -0.15) is 0 Å². The minimum absolute atomic E-state index is 0.0446. The third kappa shape index (κ3) is 4.03. The molecule has 3 rings (SSSR count). The second kappa shape index (κ2) is 6.73. The largest absolute Gasteiger partial charge is 0.356 e. The van der Waals surface area contributed by atoms with Gasteiger partial charge in [-0.05, 0) is 55.7 Å². The third-order valence-corrected chi connectivity index (χ3v) is 4.70. The monoisotopic (exact) mass is 308 g/mol. The second-order valence-corrected chi connectivity index (χ2v) is 6.56. The van der Waals surface area contributed by atoms with E-state index in [0.29, 0.717) is 43.0 Å². The Hall–Kier alpha value is -1.49. The van der Waals surface area contributed by atoms with Crippen LogP contribution in [0.4, 0.5) is 8.78 Å². The van der Waals surface area contributed by atoms with E-state index in [-0.39, 0.29) is 5.91 Å². The smallest absolute Gasteiger partial charge is 0.220 e. The van der Waals surface area contributed by atoms with Gasteiger partial charge in [0.25, 0.3) is 0 Å². The number of rotatable bonds is 5. The maximum atomic E-state index is 13.1. The van der Waals surface area contributed by atoms with Gasteiger partial charge in [0.1, 0.15) is 11.6 Å². The van der Waals surface area contributed by atoms with Crippen molar-refractivity contribution >= 4 is 5.91 Å². The quantitative estimate of drug-likeness (QED) is 0.878. The molecule has 0 saturated carbocycles. The SMILES string of the molecule is O=C(CC1CC2CCC(C1)N2)NCCc1cc(F)cc(F)c1. The predicted octanol–water partition coefficient (Wildman–Crippen LogP) is 2.54. The summed E-state index contributed by atoms with van der Waals surface area (Å²) in [6.45, 7) is 0.416. The van der Waals surface area contributed by atoms with Gasteiger partial charge in [0.05, 0.1) is 0 Å². The summed E-state index contributed by atoms with van der Waals surface area (Å²) < 4.78 is 26.1. The molecule has 5 heteroatoms. The number of amides is 1. The Labute approximate surface area is 129 Å². The van der Waals surface area contributed by atoms with Crippen LogP contribution in [0.15, 0.2) is 18.2 Å². The lowest BCUT2D eigenvalue weighted by atomic mass is 9.89. The molecule has 2 aliphatic rings. The zero-order valence-electron chi connectivity index (χ0n) is 12.6.